The number of benzene rings is 2. The number of para-hydroxylation sites is 2. The van der Waals surface area contributed by atoms with Gasteiger partial charge in [-0.05, 0) is 68.5 Å². The van der Waals surface area contributed by atoms with Gasteiger partial charge in [0.1, 0.15) is 29.3 Å². The molecule has 2 heterocycles. The Morgan fingerprint density at radius 2 is 1.73 bits per heavy atom. The zero-order valence-electron chi connectivity index (χ0n) is 18.1. The molecule has 5 rings (SSSR count). The van der Waals surface area contributed by atoms with Gasteiger partial charge in [0.2, 0.25) is 5.88 Å². The highest BCUT2D eigenvalue weighted by Gasteiger charge is 2.25. The molecule has 1 N–H and O–H groups in total. The van der Waals surface area contributed by atoms with Crippen molar-refractivity contribution < 1.29 is 18.3 Å². The van der Waals surface area contributed by atoms with E-state index in [1.807, 2.05) is 12.1 Å². The Labute approximate surface area is 189 Å². The van der Waals surface area contributed by atoms with E-state index < -0.39 is 11.6 Å². The molecule has 1 saturated carbocycles. The molecule has 1 aliphatic carbocycles. The van der Waals surface area contributed by atoms with Crippen LogP contribution in [0.25, 0.3) is 33.5 Å². The molecule has 0 bridgehead atoms. The van der Waals surface area contributed by atoms with Crippen molar-refractivity contribution in [1.82, 2.24) is 15.0 Å². The van der Waals surface area contributed by atoms with Crippen molar-refractivity contribution in [2.75, 3.05) is 0 Å². The minimum atomic E-state index is -0.702. The molecule has 168 valence electrons. The van der Waals surface area contributed by atoms with Gasteiger partial charge in [-0.1, -0.05) is 12.1 Å². The largest absolute Gasteiger partial charge is 0.474 e. The highest BCUT2D eigenvalue weighted by Crippen LogP contribution is 2.32. The highest BCUT2D eigenvalue weighted by molar-refractivity contribution is 5.80. The molecule has 0 amide bonds. The first-order valence-corrected chi connectivity index (χ1v) is 11.1. The molecule has 33 heavy (non-hydrogen) atoms. The number of halogens is 2. The van der Waals surface area contributed by atoms with Crippen LogP contribution in [0, 0.1) is 17.6 Å². The van der Waals surface area contributed by atoms with Gasteiger partial charge in [-0.15, -0.1) is 0 Å². The Morgan fingerprint density at radius 1 is 1.00 bits per heavy atom. The number of hydrogen-bond donors (Lipinski definition) is 1. The molecule has 0 spiro atoms. The van der Waals surface area contributed by atoms with Crippen LogP contribution in [0.5, 0.6) is 5.88 Å². The van der Waals surface area contributed by atoms with Gasteiger partial charge in [-0.3, -0.25) is 4.79 Å². The first kappa shape index (κ1) is 21.2. The van der Waals surface area contributed by atoms with Crippen molar-refractivity contribution in [3.63, 3.8) is 0 Å². The van der Waals surface area contributed by atoms with Crippen molar-refractivity contribution in [3.05, 3.63) is 66.4 Å². The Hall–Kier alpha value is -3.61. The zero-order valence-corrected chi connectivity index (χ0v) is 18.1. The van der Waals surface area contributed by atoms with Gasteiger partial charge in [0.05, 0.1) is 16.6 Å². The second kappa shape index (κ2) is 8.73. The first-order valence-electron chi connectivity index (χ1n) is 11.1. The van der Waals surface area contributed by atoms with Crippen LogP contribution in [0.15, 0.2) is 54.7 Å². The molecule has 0 aliphatic heterocycles. The SMILES string of the molecule is CC(=O)C1CCC(Oc2ccc(-c3cc(F)c(-c4nc5ccccc5[nH]4)c(F)c3)cn2)CC1. The molecule has 5 nitrogen and oxygen atoms in total. The maximum absolute atomic E-state index is 14.9. The molecular weight excluding hydrogens is 424 g/mol. The van der Waals surface area contributed by atoms with Crippen LogP contribution >= 0.6 is 0 Å². The van der Waals surface area contributed by atoms with E-state index in [-0.39, 0.29) is 29.2 Å². The maximum atomic E-state index is 14.9. The minimum Gasteiger partial charge on any atom is -0.474 e. The number of carbonyl (C=O) groups excluding carboxylic acids is 1. The van der Waals surface area contributed by atoms with Gasteiger partial charge in [-0.25, -0.2) is 18.7 Å². The molecular formula is C26H23F2N3O2. The lowest BCUT2D eigenvalue weighted by molar-refractivity contribution is -0.122. The quantitative estimate of drug-likeness (QED) is 0.402. The lowest BCUT2D eigenvalue weighted by Crippen LogP contribution is -2.27. The average Bonchev–Trinajstić information content (AvgIpc) is 3.23. The van der Waals surface area contributed by atoms with Crippen molar-refractivity contribution in [2.45, 2.75) is 38.7 Å². The number of nitrogens with one attached hydrogen (secondary N) is 1. The number of H-pyrrole nitrogens is 1. The summed E-state index contributed by atoms with van der Waals surface area (Å²) in [6.45, 7) is 1.64. The van der Waals surface area contributed by atoms with E-state index in [1.165, 1.54) is 12.1 Å². The smallest absolute Gasteiger partial charge is 0.213 e. The topological polar surface area (TPSA) is 67.9 Å². The summed E-state index contributed by atoms with van der Waals surface area (Å²) in [6.07, 6.45) is 4.85. The predicted molar refractivity (Wildman–Crippen MR) is 122 cm³/mol. The summed E-state index contributed by atoms with van der Waals surface area (Å²) in [5, 5.41) is 0. The lowest BCUT2D eigenvalue weighted by atomic mass is 9.85. The minimum absolute atomic E-state index is 0.0249. The Morgan fingerprint density at radius 3 is 2.36 bits per heavy atom. The summed E-state index contributed by atoms with van der Waals surface area (Å²) in [7, 11) is 0. The van der Waals surface area contributed by atoms with Crippen LogP contribution in [-0.4, -0.2) is 26.8 Å². The predicted octanol–water partition coefficient (Wildman–Crippen LogP) is 6.10. The van der Waals surface area contributed by atoms with Crippen LogP contribution in [0.4, 0.5) is 8.78 Å². The van der Waals surface area contributed by atoms with Gasteiger partial charge in [-0.2, -0.15) is 0 Å². The van der Waals surface area contributed by atoms with Gasteiger partial charge in [0, 0.05) is 23.7 Å². The summed E-state index contributed by atoms with van der Waals surface area (Å²) >= 11 is 0. The second-order valence-electron chi connectivity index (χ2n) is 8.50. The fraction of sp³-hybridized carbons (Fsp3) is 0.269. The van der Waals surface area contributed by atoms with E-state index in [2.05, 4.69) is 15.0 Å². The molecule has 2 aromatic carbocycles. The molecule has 7 heteroatoms. The number of ether oxygens (including phenoxy) is 1. The van der Waals surface area contributed by atoms with Crippen LogP contribution in [-0.2, 0) is 4.79 Å². The van der Waals surface area contributed by atoms with E-state index in [0.717, 1.165) is 25.7 Å². The van der Waals surface area contributed by atoms with Crippen molar-refractivity contribution in [3.8, 4) is 28.4 Å². The summed E-state index contributed by atoms with van der Waals surface area (Å²) in [5.74, 6) is -0.420. The number of aromatic amines is 1. The van der Waals surface area contributed by atoms with Gasteiger partial charge < -0.3 is 9.72 Å². The third-order valence-corrected chi connectivity index (χ3v) is 6.27. The highest BCUT2D eigenvalue weighted by atomic mass is 19.1. The molecule has 1 fully saturated rings. The van der Waals surface area contributed by atoms with Gasteiger partial charge in [0.25, 0.3) is 0 Å². The molecule has 0 unspecified atom stereocenters. The number of ketones is 1. The molecule has 1 aliphatic rings. The van der Waals surface area contributed by atoms with E-state index in [0.29, 0.717) is 28.0 Å². The number of pyridine rings is 1. The third-order valence-electron chi connectivity index (χ3n) is 6.27. The normalized spacial score (nSPS) is 18.4. The fourth-order valence-electron chi connectivity index (χ4n) is 4.42. The molecule has 2 aromatic heterocycles. The van der Waals surface area contributed by atoms with Crippen LogP contribution in [0.2, 0.25) is 0 Å². The molecule has 0 saturated heterocycles. The summed E-state index contributed by atoms with van der Waals surface area (Å²) in [6, 6.07) is 13.2. The average molecular weight is 447 g/mol. The van der Waals surface area contributed by atoms with E-state index in [4.69, 9.17) is 4.74 Å². The standard InChI is InChI=1S/C26H23F2N3O2/c1-15(32)16-6-9-19(10-7-16)33-24-11-8-17(14-29-24)18-12-20(27)25(21(28)13-18)26-30-22-4-2-3-5-23(22)31-26/h2-5,8,11-14,16,19H,6-7,9-10H2,1H3,(H,30,31). The van der Waals surface area contributed by atoms with E-state index >= 15 is 0 Å². The lowest BCUT2D eigenvalue weighted by Gasteiger charge is -2.27. The number of nitrogens with zero attached hydrogens (tertiary/aromatic N) is 2. The second-order valence-corrected chi connectivity index (χ2v) is 8.50. The van der Waals surface area contributed by atoms with Crippen LogP contribution in [0.3, 0.4) is 0 Å². The van der Waals surface area contributed by atoms with Crippen molar-refractivity contribution >= 4 is 16.8 Å². The fourth-order valence-corrected chi connectivity index (χ4v) is 4.42. The molecule has 4 aromatic rings. The molecule has 0 radical (unpaired) electrons. The number of fused-ring (bicyclic) bond motifs is 1. The maximum Gasteiger partial charge on any atom is 0.213 e. The van der Waals surface area contributed by atoms with E-state index in [1.54, 1.807) is 37.4 Å². The summed E-state index contributed by atoms with van der Waals surface area (Å²) < 4.78 is 35.8. The van der Waals surface area contributed by atoms with Gasteiger partial charge >= 0.3 is 0 Å². The van der Waals surface area contributed by atoms with E-state index in [9.17, 15) is 13.6 Å². The zero-order chi connectivity index (χ0) is 22.9. The van der Waals surface area contributed by atoms with Crippen molar-refractivity contribution in [1.29, 1.82) is 0 Å². The monoisotopic (exact) mass is 447 g/mol. The Kier molecular flexibility index (Phi) is 5.62. The third kappa shape index (κ3) is 4.35. The number of hydrogen-bond acceptors (Lipinski definition) is 4. The molecule has 0 atom stereocenters. The first-order chi connectivity index (χ1) is 16.0. The summed E-state index contributed by atoms with van der Waals surface area (Å²) in [5.41, 5.74) is 2.13. The number of carbonyl (C=O) groups is 1. The summed E-state index contributed by atoms with van der Waals surface area (Å²) in [4.78, 5) is 23.1. The number of aromatic nitrogens is 3. The van der Waals surface area contributed by atoms with Crippen LogP contribution < -0.4 is 4.74 Å². The Bertz CT molecular complexity index is 1250. The number of imidazole rings is 1. The Balaban J connectivity index is 1.33. The number of Topliss-reactive ketones (excluding diaryl/α,β-unsaturated/α-hetero) is 1. The number of rotatable bonds is 5. The van der Waals surface area contributed by atoms with Crippen molar-refractivity contribution in [2.24, 2.45) is 5.92 Å². The van der Waals surface area contributed by atoms with Gasteiger partial charge in [0.15, 0.2) is 0 Å². The van der Waals surface area contributed by atoms with Crippen LogP contribution in [0.1, 0.15) is 32.6 Å².